The first kappa shape index (κ1) is 23.2. The molecule has 0 fully saturated rings. The van der Waals surface area contributed by atoms with Gasteiger partial charge >= 0.3 is 5.97 Å². The number of allylic oxidation sites excluding steroid dienone is 1. The predicted molar refractivity (Wildman–Crippen MR) is 127 cm³/mol. The van der Waals surface area contributed by atoms with E-state index in [0.29, 0.717) is 28.4 Å². The molecule has 2 unspecified atom stereocenters. The summed E-state index contributed by atoms with van der Waals surface area (Å²) in [6.45, 7) is 4.53. The molecule has 4 rings (SSSR count). The number of dihydropyridines is 1. The predicted octanol–water partition coefficient (Wildman–Crippen LogP) is 3.97. The summed E-state index contributed by atoms with van der Waals surface area (Å²) in [5, 5.41) is 6.96. The quantitative estimate of drug-likeness (QED) is 0.627. The number of ketones is 1. The van der Waals surface area contributed by atoms with Crippen molar-refractivity contribution in [2.75, 3.05) is 26.8 Å². The summed E-state index contributed by atoms with van der Waals surface area (Å²) in [4.78, 5) is 26.5. The van der Waals surface area contributed by atoms with Gasteiger partial charge in [0.05, 0.1) is 12.1 Å². The van der Waals surface area contributed by atoms with Gasteiger partial charge in [-0.1, -0.05) is 54.1 Å². The van der Waals surface area contributed by atoms with Crippen LogP contribution >= 0.6 is 11.6 Å². The number of carbonyl (C=O) groups excluding carboxylic acids is 2. The number of nitrogens with one attached hydrogen (secondary N) is 2. The van der Waals surface area contributed by atoms with Gasteiger partial charge in [-0.05, 0) is 36.6 Å². The third kappa shape index (κ3) is 4.60. The molecular weight excluding hydrogens is 440 g/mol. The first-order chi connectivity index (χ1) is 15.9. The molecule has 0 amide bonds. The van der Waals surface area contributed by atoms with Gasteiger partial charge in [-0.15, -0.1) is 0 Å². The summed E-state index contributed by atoms with van der Waals surface area (Å²) >= 11 is 6.42. The van der Waals surface area contributed by atoms with Crippen molar-refractivity contribution in [3.8, 4) is 0 Å². The summed E-state index contributed by atoms with van der Waals surface area (Å²) in [7, 11) is 1.58. The van der Waals surface area contributed by atoms with Gasteiger partial charge in [0, 0.05) is 41.6 Å². The van der Waals surface area contributed by atoms with Crippen LogP contribution in [0.15, 0.2) is 71.1 Å². The van der Waals surface area contributed by atoms with Crippen LogP contribution in [0.4, 0.5) is 0 Å². The van der Waals surface area contributed by atoms with E-state index in [1.165, 1.54) is 0 Å². The standard InChI is InChI=1S/C26H27ClN2O4/c1-15-18(10-7-11-19(15)27)24-23(16(2)29-20-12-28-13-21(30)25(20)24)26(31)33-14-22(32-3)17-8-5-4-6-9-17/h4-11,22,24,28-29H,12-14H2,1-3H3. The van der Waals surface area contributed by atoms with Crippen LogP contribution in [0, 0.1) is 6.92 Å². The smallest absolute Gasteiger partial charge is 0.336 e. The Morgan fingerprint density at radius 1 is 1.12 bits per heavy atom. The zero-order chi connectivity index (χ0) is 23.5. The number of rotatable bonds is 6. The van der Waals surface area contributed by atoms with Crippen molar-refractivity contribution in [3.63, 3.8) is 0 Å². The fourth-order valence-corrected chi connectivity index (χ4v) is 4.66. The van der Waals surface area contributed by atoms with Crippen LogP contribution in [0.1, 0.15) is 35.6 Å². The fourth-order valence-electron chi connectivity index (χ4n) is 4.48. The van der Waals surface area contributed by atoms with E-state index in [0.717, 1.165) is 22.4 Å². The topological polar surface area (TPSA) is 76.7 Å². The van der Waals surface area contributed by atoms with E-state index in [-0.39, 0.29) is 18.9 Å². The van der Waals surface area contributed by atoms with Gasteiger partial charge in [-0.2, -0.15) is 0 Å². The number of carbonyl (C=O) groups is 2. The van der Waals surface area contributed by atoms with Gasteiger partial charge in [0.15, 0.2) is 5.78 Å². The maximum Gasteiger partial charge on any atom is 0.336 e. The minimum absolute atomic E-state index is 0.0509. The molecule has 0 bridgehead atoms. The normalized spacial score (nSPS) is 19.2. The molecule has 0 radical (unpaired) electrons. The molecule has 2 aliphatic heterocycles. The van der Waals surface area contributed by atoms with E-state index in [4.69, 9.17) is 21.1 Å². The first-order valence-corrected chi connectivity index (χ1v) is 11.2. The summed E-state index contributed by atoms with van der Waals surface area (Å²) in [5.41, 5.74) is 5.02. The van der Waals surface area contributed by atoms with Crippen molar-refractivity contribution in [3.05, 3.63) is 92.8 Å². The molecule has 2 aliphatic rings. The van der Waals surface area contributed by atoms with Crippen molar-refractivity contribution in [1.82, 2.24) is 10.6 Å². The second-order valence-corrected chi connectivity index (χ2v) is 8.61. The highest BCUT2D eigenvalue weighted by atomic mass is 35.5. The highest BCUT2D eigenvalue weighted by molar-refractivity contribution is 6.31. The van der Waals surface area contributed by atoms with Crippen molar-refractivity contribution in [2.24, 2.45) is 0 Å². The summed E-state index contributed by atoms with van der Waals surface area (Å²) in [5.74, 6) is -1.09. The molecule has 0 saturated heterocycles. The number of ether oxygens (including phenoxy) is 2. The molecule has 0 aromatic heterocycles. The number of hydrogen-bond acceptors (Lipinski definition) is 6. The van der Waals surface area contributed by atoms with Crippen molar-refractivity contribution >= 4 is 23.4 Å². The highest BCUT2D eigenvalue weighted by Gasteiger charge is 2.40. The Morgan fingerprint density at radius 3 is 2.61 bits per heavy atom. The molecule has 2 aromatic carbocycles. The van der Waals surface area contributed by atoms with E-state index in [2.05, 4.69) is 10.6 Å². The second kappa shape index (κ2) is 9.91. The van der Waals surface area contributed by atoms with Crippen LogP contribution in [-0.4, -0.2) is 38.6 Å². The Balaban J connectivity index is 1.70. The summed E-state index contributed by atoms with van der Waals surface area (Å²) in [6.07, 6.45) is -0.394. The lowest BCUT2D eigenvalue weighted by Gasteiger charge is -2.35. The molecule has 2 atom stereocenters. The minimum Gasteiger partial charge on any atom is -0.459 e. The number of esters is 1. The van der Waals surface area contributed by atoms with E-state index >= 15 is 0 Å². The third-order valence-corrected chi connectivity index (χ3v) is 6.60. The molecule has 2 aromatic rings. The Labute approximate surface area is 198 Å². The average Bonchev–Trinajstić information content (AvgIpc) is 2.81. The number of benzene rings is 2. The minimum atomic E-state index is -0.556. The molecule has 33 heavy (non-hydrogen) atoms. The van der Waals surface area contributed by atoms with Gasteiger partial charge in [0.1, 0.15) is 12.7 Å². The van der Waals surface area contributed by atoms with Gasteiger partial charge < -0.3 is 20.1 Å². The molecule has 172 valence electrons. The maximum atomic E-state index is 13.5. The van der Waals surface area contributed by atoms with Crippen LogP contribution < -0.4 is 10.6 Å². The maximum absolute atomic E-state index is 13.5. The average molecular weight is 467 g/mol. The lowest BCUT2D eigenvalue weighted by Crippen LogP contribution is -2.43. The van der Waals surface area contributed by atoms with Crippen LogP contribution in [-0.2, 0) is 19.1 Å². The largest absolute Gasteiger partial charge is 0.459 e. The van der Waals surface area contributed by atoms with Crippen LogP contribution in [0.3, 0.4) is 0 Å². The summed E-state index contributed by atoms with van der Waals surface area (Å²) < 4.78 is 11.3. The van der Waals surface area contributed by atoms with E-state index in [9.17, 15) is 9.59 Å². The number of methoxy groups -OCH3 is 1. The molecule has 2 heterocycles. The van der Waals surface area contributed by atoms with Gasteiger partial charge in [0.25, 0.3) is 0 Å². The molecular formula is C26H27ClN2O4. The monoisotopic (exact) mass is 466 g/mol. The molecule has 7 heteroatoms. The van der Waals surface area contributed by atoms with Crippen LogP contribution in [0.25, 0.3) is 0 Å². The molecule has 0 spiro atoms. The van der Waals surface area contributed by atoms with Crippen LogP contribution in [0.2, 0.25) is 5.02 Å². The van der Waals surface area contributed by atoms with E-state index < -0.39 is 18.0 Å². The lowest BCUT2D eigenvalue weighted by atomic mass is 9.76. The molecule has 0 aliphatic carbocycles. The molecule has 0 saturated carbocycles. The van der Waals surface area contributed by atoms with Crippen LogP contribution in [0.5, 0.6) is 0 Å². The Bertz CT molecular complexity index is 1140. The van der Waals surface area contributed by atoms with Crippen molar-refractivity contribution < 1.29 is 19.1 Å². The Kier molecular flexibility index (Phi) is 6.98. The zero-order valence-electron chi connectivity index (χ0n) is 18.9. The number of hydrogen-bond donors (Lipinski definition) is 2. The Hall–Kier alpha value is -2.93. The number of Topliss-reactive ketones (excluding diaryl/α,β-unsaturated/α-hetero) is 1. The van der Waals surface area contributed by atoms with Gasteiger partial charge in [-0.25, -0.2) is 4.79 Å². The second-order valence-electron chi connectivity index (χ2n) is 8.20. The van der Waals surface area contributed by atoms with Crippen molar-refractivity contribution in [1.29, 1.82) is 0 Å². The molecule has 6 nitrogen and oxygen atoms in total. The third-order valence-electron chi connectivity index (χ3n) is 6.19. The van der Waals surface area contributed by atoms with Gasteiger partial charge in [0.2, 0.25) is 0 Å². The SMILES string of the molecule is COC(COC(=O)C1=C(C)NC2=C(C(=O)CNC2)C1c1cccc(Cl)c1C)c1ccccc1. The van der Waals surface area contributed by atoms with Gasteiger partial charge in [-0.3, -0.25) is 4.79 Å². The Morgan fingerprint density at radius 2 is 1.88 bits per heavy atom. The zero-order valence-corrected chi connectivity index (χ0v) is 19.7. The highest BCUT2D eigenvalue weighted by Crippen LogP contribution is 2.42. The molecule has 2 N–H and O–H groups in total. The number of halogens is 1. The van der Waals surface area contributed by atoms with E-state index in [1.807, 2.05) is 56.3 Å². The lowest BCUT2D eigenvalue weighted by molar-refractivity contribution is -0.143. The first-order valence-electron chi connectivity index (χ1n) is 10.9. The van der Waals surface area contributed by atoms with Crippen molar-refractivity contribution in [2.45, 2.75) is 25.9 Å². The summed E-state index contributed by atoms with van der Waals surface area (Å²) in [6, 6.07) is 15.2. The van der Waals surface area contributed by atoms with E-state index in [1.54, 1.807) is 13.2 Å². The fraction of sp³-hybridized carbons (Fsp3) is 0.308.